The van der Waals surface area contributed by atoms with Crippen molar-refractivity contribution in [3.8, 4) is 0 Å². The number of carbonyl (C=O) groups is 1. The van der Waals surface area contributed by atoms with E-state index in [1.165, 1.54) is 11.1 Å². The van der Waals surface area contributed by atoms with Gasteiger partial charge in [0.25, 0.3) is 0 Å². The second kappa shape index (κ2) is 5.23. The van der Waals surface area contributed by atoms with Crippen molar-refractivity contribution in [2.24, 2.45) is 11.3 Å². The normalized spacial score (nSPS) is 26.1. The fourth-order valence-electron chi connectivity index (χ4n) is 3.17. The standard InChI is InChI=1S/C14H23N3O2/c1-10-6-11(8-14(2,3)7-10)19-13(18)9-17-5-4-12(15)16-17/h4-5,10-11H,6-9H2,1-3H3,(H2,15,16). The third kappa shape index (κ3) is 3.98. The highest BCUT2D eigenvalue weighted by Crippen LogP contribution is 2.39. The van der Waals surface area contributed by atoms with E-state index in [2.05, 4.69) is 25.9 Å². The van der Waals surface area contributed by atoms with Crippen LogP contribution in [0.3, 0.4) is 0 Å². The average molecular weight is 265 g/mol. The number of aromatic nitrogens is 2. The van der Waals surface area contributed by atoms with Crippen LogP contribution in [0.15, 0.2) is 12.3 Å². The monoisotopic (exact) mass is 265 g/mol. The molecule has 5 nitrogen and oxygen atoms in total. The number of anilines is 1. The molecular formula is C14H23N3O2. The van der Waals surface area contributed by atoms with E-state index in [-0.39, 0.29) is 24.0 Å². The van der Waals surface area contributed by atoms with E-state index in [0.29, 0.717) is 11.7 Å². The summed E-state index contributed by atoms with van der Waals surface area (Å²) in [4.78, 5) is 11.9. The molecule has 0 spiro atoms. The number of nitrogen functional groups attached to an aromatic ring is 1. The topological polar surface area (TPSA) is 70.1 Å². The van der Waals surface area contributed by atoms with Crippen LogP contribution in [-0.2, 0) is 16.1 Å². The first kappa shape index (κ1) is 13.9. The SMILES string of the molecule is CC1CC(OC(=O)Cn2ccc(N)n2)CC(C)(C)C1. The molecule has 2 atom stereocenters. The predicted octanol–water partition coefficient (Wildman–Crippen LogP) is 2.22. The van der Waals surface area contributed by atoms with Crippen LogP contribution in [0.5, 0.6) is 0 Å². The highest BCUT2D eigenvalue weighted by atomic mass is 16.5. The molecule has 0 bridgehead atoms. The molecule has 5 heteroatoms. The van der Waals surface area contributed by atoms with Gasteiger partial charge in [0.1, 0.15) is 18.5 Å². The van der Waals surface area contributed by atoms with Crippen molar-refractivity contribution in [3.05, 3.63) is 12.3 Å². The third-order valence-electron chi connectivity index (χ3n) is 3.60. The molecule has 1 saturated carbocycles. The summed E-state index contributed by atoms with van der Waals surface area (Å²) in [5.41, 5.74) is 5.76. The minimum Gasteiger partial charge on any atom is -0.461 e. The van der Waals surface area contributed by atoms with Gasteiger partial charge in [0, 0.05) is 6.20 Å². The molecule has 19 heavy (non-hydrogen) atoms. The molecule has 1 aromatic rings. The Morgan fingerprint density at radius 3 is 2.89 bits per heavy atom. The summed E-state index contributed by atoms with van der Waals surface area (Å²) in [7, 11) is 0. The van der Waals surface area contributed by atoms with Gasteiger partial charge in [-0.15, -0.1) is 0 Å². The quantitative estimate of drug-likeness (QED) is 0.851. The number of carbonyl (C=O) groups excluding carboxylic acids is 1. The maximum absolute atomic E-state index is 11.9. The van der Waals surface area contributed by atoms with E-state index in [4.69, 9.17) is 10.5 Å². The van der Waals surface area contributed by atoms with Gasteiger partial charge in [-0.05, 0) is 36.7 Å². The van der Waals surface area contributed by atoms with Crippen LogP contribution in [0.1, 0.15) is 40.0 Å². The van der Waals surface area contributed by atoms with Crippen molar-refractivity contribution < 1.29 is 9.53 Å². The molecule has 1 aromatic heterocycles. The Balaban J connectivity index is 1.88. The second-order valence-corrected chi connectivity index (χ2v) is 6.46. The predicted molar refractivity (Wildman–Crippen MR) is 73.3 cm³/mol. The Bertz CT molecular complexity index is 453. The van der Waals surface area contributed by atoms with E-state index >= 15 is 0 Å². The molecule has 106 valence electrons. The Morgan fingerprint density at radius 1 is 1.58 bits per heavy atom. The largest absolute Gasteiger partial charge is 0.461 e. The highest BCUT2D eigenvalue weighted by molar-refractivity contribution is 5.69. The van der Waals surface area contributed by atoms with E-state index < -0.39 is 0 Å². The van der Waals surface area contributed by atoms with Crippen molar-refractivity contribution in [2.45, 2.75) is 52.7 Å². The molecular weight excluding hydrogens is 242 g/mol. The van der Waals surface area contributed by atoms with Gasteiger partial charge in [0.05, 0.1) is 0 Å². The number of hydrogen-bond acceptors (Lipinski definition) is 4. The Morgan fingerprint density at radius 2 is 2.32 bits per heavy atom. The lowest BCUT2D eigenvalue weighted by Crippen LogP contribution is -2.34. The molecule has 0 saturated heterocycles. The van der Waals surface area contributed by atoms with Gasteiger partial charge < -0.3 is 10.5 Å². The number of nitrogens with two attached hydrogens (primary N) is 1. The van der Waals surface area contributed by atoms with Gasteiger partial charge in [-0.1, -0.05) is 20.8 Å². The van der Waals surface area contributed by atoms with Gasteiger partial charge in [-0.25, -0.2) is 0 Å². The fourth-order valence-corrected chi connectivity index (χ4v) is 3.17. The number of esters is 1. The minimum atomic E-state index is -0.238. The summed E-state index contributed by atoms with van der Waals surface area (Å²) in [6.07, 6.45) is 4.79. The molecule has 0 aromatic carbocycles. The van der Waals surface area contributed by atoms with Crippen LogP contribution in [0.4, 0.5) is 5.82 Å². The van der Waals surface area contributed by atoms with Crippen LogP contribution in [0.25, 0.3) is 0 Å². The molecule has 2 rings (SSSR count). The molecule has 1 heterocycles. The molecule has 1 fully saturated rings. The van der Waals surface area contributed by atoms with Crippen LogP contribution in [-0.4, -0.2) is 21.9 Å². The first-order chi connectivity index (χ1) is 8.84. The lowest BCUT2D eigenvalue weighted by atomic mass is 9.71. The Kier molecular flexibility index (Phi) is 3.83. The number of rotatable bonds is 3. The molecule has 0 radical (unpaired) electrons. The van der Waals surface area contributed by atoms with Gasteiger partial charge in [-0.2, -0.15) is 5.10 Å². The number of ether oxygens (including phenoxy) is 1. The van der Waals surface area contributed by atoms with Crippen molar-refractivity contribution in [1.82, 2.24) is 9.78 Å². The molecule has 0 amide bonds. The van der Waals surface area contributed by atoms with Crippen LogP contribution < -0.4 is 5.73 Å². The summed E-state index contributed by atoms with van der Waals surface area (Å²) in [6.45, 7) is 6.81. The van der Waals surface area contributed by atoms with E-state index in [0.717, 1.165) is 12.8 Å². The molecule has 1 aliphatic rings. The summed E-state index contributed by atoms with van der Waals surface area (Å²) in [5, 5.41) is 3.98. The van der Waals surface area contributed by atoms with Crippen LogP contribution >= 0.6 is 0 Å². The summed E-state index contributed by atoms with van der Waals surface area (Å²) < 4.78 is 7.08. The summed E-state index contributed by atoms with van der Waals surface area (Å²) in [6, 6.07) is 1.67. The van der Waals surface area contributed by atoms with E-state index in [1.807, 2.05) is 0 Å². The van der Waals surface area contributed by atoms with Crippen molar-refractivity contribution in [2.75, 3.05) is 5.73 Å². The number of nitrogens with zero attached hydrogens (tertiary/aromatic N) is 2. The lowest BCUT2D eigenvalue weighted by molar-refractivity contribution is -0.154. The maximum atomic E-state index is 11.9. The fraction of sp³-hybridized carbons (Fsp3) is 0.714. The number of hydrogen-bond donors (Lipinski definition) is 1. The Hall–Kier alpha value is -1.52. The zero-order valence-electron chi connectivity index (χ0n) is 11.9. The minimum absolute atomic E-state index is 0.0270. The summed E-state index contributed by atoms with van der Waals surface area (Å²) >= 11 is 0. The lowest BCUT2D eigenvalue weighted by Gasteiger charge is -2.38. The van der Waals surface area contributed by atoms with Crippen molar-refractivity contribution in [1.29, 1.82) is 0 Å². The van der Waals surface area contributed by atoms with Gasteiger partial charge in [-0.3, -0.25) is 9.48 Å². The first-order valence-electron chi connectivity index (χ1n) is 6.82. The summed E-state index contributed by atoms with van der Waals surface area (Å²) in [5.74, 6) is 0.778. The zero-order valence-corrected chi connectivity index (χ0v) is 11.9. The maximum Gasteiger partial charge on any atom is 0.328 e. The molecule has 2 N–H and O–H groups in total. The Labute approximate surface area is 114 Å². The molecule has 2 unspecified atom stereocenters. The van der Waals surface area contributed by atoms with E-state index in [1.54, 1.807) is 12.3 Å². The zero-order chi connectivity index (χ0) is 14.0. The molecule has 1 aliphatic carbocycles. The molecule has 0 aliphatic heterocycles. The van der Waals surface area contributed by atoms with Gasteiger partial charge in [0.2, 0.25) is 0 Å². The first-order valence-corrected chi connectivity index (χ1v) is 6.82. The van der Waals surface area contributed by atoms with E-state index in [9.17, 15) is 4.79 Å². The van der Waals surface area contributed by atoms with Gasteiger partial charge >= 0.3 is 5.97 Å². The van der Waals surface area contributed by atoms with Gasteiger partial charge in [0.15, 0.2) is 0 Å². The smallest absolute Gasteiger partial charge is 0.328 e. The average Bonchev–Trinajstić information content (AvgIpc) is 2.59. The van der Waals surface area contributed by atoms with Crippen molar-refractivity contribution >= 4 is 11.8 Å². The second-order valence-electron chi connectivity index (χ2n) is 6.46. The van der Waals surface area contributed by atoms with Crippen molar-refractivity contribution in [3.63, 3.8) is 0 Å². The van der Waals surface area contributed by atoms with Crippen LogP contribution in [0, 0.1) is 11.3 Å². The third-order valence-corrected chi connectivity index (χ3v) is 3.60. The highest BCUT2D eigenvalue weighted by Gasteiger charge is 2.33. The van der Waals surface area contributed by atoms with Crippen LogP contribution in [0.2, 0.25) is 0 Å².